The van der Waals surface area contributed by atoms with Gasteiger partial charge in [0.1, 0.15) is 38.8 Å². The SMILES string of the molecule is C[C@@H](NC(=O)C(C)(C)C)[C@@H](c1cccs1)[NH+]1CC[NH+](Cc2ccccc2)CC1. The number of nitrogens with one attached hydrogen (secondary N) is 3. The number of hydrogen-bond donors (Lipinski definition) is 3. The molecular formula is C23H35N3OS+2. The summed E-state index contributed by atoms with van der Waals surface area (Å²) < 4.78 is 0. The molecule has 5 heteroatoms. The molecule has 4 nitrogen and oxygen atoms in total. The molecule has 0 radical (unpaired) electrons. The predicted molar refractivity (Wildman–Crippen MR) is 116 cm³/mol. The summed E-state index contributed by atoms with van der Waals surface area (Å²) in [4.78, 5) is 17.2. The van der Waals surface area contributed by atoms with Crippen molar-refractivity contribution < 1.29 is 14.6 Å². The highest BCUT2D eigenvalue weighted by Gasteiger charge is 2.36. The van der Waals surface area contributed by atoms with Crippen molar-refractivity contribution in [3.63, 3.8) is 0 Å². The third kappa shape index (κ3) is 5.43. The average molecular weight is 402 g/mol. The maximum atomic E-state index is 12.6. The van der Waals surface area contributed by atoms with Crippen LogP contribution < -0.4 is 15.1 Å². The Morgan fingerprint density at radius 1 is 1.07 bits per heavy atom. The van der Waals surface area contributed by atoms with Gasteiger partial charge in [-0.05, 0) is 18.4 Å². The topological polar surface area (TPSA) is 38.0 Å². The maximum absolute atomic E-state index is 12.6. The van der Waals surface area contributed by atoms with Crippen LogP contribution in [0.25, 0.3) is 0 Å². The molecule has 0 aliphatic carbocycles. The largest absolute Gasteiger partial charge is 0.347 e. The zero-order valence-electron chi connectivity index (χ0n) is 17.6. The minimum Gasteiger partial charge on any atom is -0.347 e. The van der Waals surface area contributed by atoms with Crippen LogP contribution in [-0.4, -0.2) is 38.1 Å². The van der Waals surface area contributed by atoms with Crippen LogP contribution in [0.5, 0.6) is 0 Å². The van der Waals surface area contributed by atoms with Crippen LogP contribution in [0.15, 0.2) is 47.8 Å². The van der Waals surface area contributed by atoms with Crippen molar-refractivity contribution in [2.24, 2.45) is 5.41 Å². The molecule has 28 heavy (non-hydrogen) atoms. The molecule has 3 rings (SSSR count). The number of carbonyl (C=O) groups is 1. The molecule has 2 aromatic rings. The first kappa shape index (κ1) is 21.0. The van der Waals surface area contributed by atoms with Crippen molar-refractivity contribution in [2.75, 3.05) is 26.2 Å². The van der Waals surface area contributed by atoms with Gasteiger partial charge in [-0.15, -0.1) is 11.3 Å². The van der Waals surface area contributed by atoms with Crippen LogP contribution in [0.4, 0.5) is 0 Å². The van der Waals surface area contributed by atoms with E-state index in [9.17, 15) is 4.79 Å². The Labute approximate surface area is 173 Å². The molecule has 1 aliphatic rings. The smallest absolute Gasteiger partial charge is 0.225 e. The summed E-state index contributed by atoms with van der Waals surface area (Å²) in [6.07, 6.45) is 0. The molecular weight excluding hydrogens is 366 g/mol. The van der Waals surface area contributed by atoms with Gasteiger partial charge in [-0.1, -0.05) is 57.2 Å². The average Bonchev–Trinajstić information content (AvgIpc) is 3.17. The van der Waals surface area contributed by atoms with Crippen LogP contribution in [0.2, 0.25) is 0 Å². The minimum absolute atomic E-state index is 0.121. The summed E-state index contributed by atoms with van der Waals surface area (Å²) >= 11 is 1.81. The van der Waals surface area contributed by atoms with Crippen LogP contribution in [0.3, 0.4) is 0 Å². The Bertz CT molecular complexity index is 731. The molecule has 3 N–H and O–H groups in total. The number of hydrogen-bond acceptors (Lipinski definition) is 2. The van der Waals surface area contributed by atoms with Gasteiger partial charge in [0.25, 0.3) is 0 Å². The van der Waals surface area contributed by atoms with Gasteiger partial charge < -0.3 is 15.1 Å². The molecule has 0 spiro atoms. The van der Waals surface area contributed by atoms with Crippen molar-refractivity contribution in [3.8, 4) is 0 Å². The molecule has 0 bridgehead atoms. The predicted octanol–water partition coefficient (Wildman–Crippen LogP) is 1.32. The molecule has 1 aromatic carbocycles. The first-order valence-corrected chi connectivity index (χ1v) is 11.3. The molecule has 0 unspecified atom stereocenters. The first-order chi connectivity index (χ1) is 13.3. The Morgan fingerprint density at radius 2 is 1.75 bits per heavy atom. The van der Waals surface area contributed by atoms with Crippen LogP contribution in [0, 0.1) is 5.41 Å². The zero-order valence-corrected chi connectivity index (χ0v) is 18.4. The van der Waals surface area contributed by atoms with Gasteiger partial charge in [0.05, 0.1) is 10.9 Å². The second-order valence-electron chi connectivity index (χ2n) is 9.08. The summed E-state index contributed by atoms with van der Waals surface area (Å²) in [6.45, 7) is 13.8. The molecule has 2 atom stereocenters. The van der Waals surface area contributed by atoms with E-state index in [2.05, 4.69) is 60.1 Å². The molecule has 152 valence electrons. The number of rotatable bonds is 6. The Kier molecular flexibility index (Phi) is 6.91. The van der Waals surface area contributed by atoms with Crippen molar-refractivity contribution >= 4 is 17.2 Å². The van der Waals surface area contributed by atoms with E-state index in [1.165, 1.54) is 23.5 Å². The number of carbonyl (C=O) groups excluding carboxylic acids is 1. The fraction of sp³-hybridized carbons (Fsp3) is 0.522. The van der Waals surface area contributed by atoms with Gasteiger partial charge in [0.2, 0.25) is 5.91 Å². The summed E-state index contributed by atoms with van der Waals surface area (Å²) in [7, 11) is 0. The number of quaternary nitrogens is 2. The summed E-state index contributed by atoms with van der Waals surface area (Å²) in [5, 5.41) is 5.45. The molecule has 0 saturated carbocycles. The second kappa shape index (κ2) is 9.21. The lowest BCUT2D eigenvalue weighted by Crippen LogP contribution is -3.28. The quantitative estimate of drug-likeness (QED) is 0.671. The number of amides is 1. The molecule has 1 saturated heterocycles. The van der Waals surface area contributed by atoms with E-state index in [4.69, 9.17) is 0 Å². The van der Waals surface area contributed by atoms with Crippen molar-refractivity contribution in [3.05, 3.63) is 58.3 Å². The van der Waals surface area contributed by atoms with Crippen molar-refractivity contribution in [2.45, 2.75) is 46.3 Å². The van der Waals surface area contributed by atoms with Crippen LogP contribution >= 0.6 is 11.3 Å². The lowest BCUT2D eigenvalue weighted by molar-refractivity contribution is -1.03. The Morgan fingerprint density at radius 3 is 2.32 bits per heavy atom. The van der Waals surface area contributed by atoms with E-state index in [1.807, 2.05) is 32.1 Å². The highest BCUT2D eigenvalue weighted by molar-refractivity contribution is 7.10. The van der Waals surface area contributed by atoms with Crippen LogP contribution in [0.1, 0.15) is 44.2 Å². The molecule has 1 fully saturated rings. The van der Waals surface area contributed by atoms with Gasteiger partial charge in [0.15, 0.2) is 0 Å². The summed E-state index contributed by atoms with van der Waals surface area (Å²) in [5.41, 5.74) is 1.06. The third-order valence-electron chi connectivity index (χ3n) is 5.73. The van der Waals surface area contributed by atoms with Crippen molar-refractivity contribution in [1.29, 1.82) is 0 Å². The first-order valence-electron chi connectivity index (χ1n) is 10.4. The monoisotopic (exact) mass is 401 g/mol. The zero-order chi connectivity index (χ0) is 20.1. The second-order valence-corrected chi connectivity index (χ2v) is 10.1. The van der Waals surface area contributed by atoms with E-state index in [0.717, 1.165) is 19.6 Å². The van der Waals surface area contributed by atoms with E-state index < -0.39 is 0 Å². The maximum Gasteiger partial charge on any atom is 0.225 e. The lowest BCUT2D eigenvalue weighted by atomic mass is 9.94. The summed E-state index contributed by atoms with van der Waals surface area (Å²) in [6, 6.07) is 15.6. The lowest BCUT2D eigenvalue weighted by Gasteiger charge is -2.37. The fourth-order valence-corrected chi connectivity index (χ4v) is 5.06. The van der Waals surface area contributed by atoms with Gasteiger partial charge in [-0.2, -0.15) is 0 Å². The third-order valence-corrected chi connectivity index (χ3v) is 6.68. The van der Waals surface area contributed by atoms with E-state index >= 15 is 0 Å². The van der Waals surface area contributed by atoms with E-state index in [-0.39, 0.29) is 17.4 Å². The number of thiophene rings is 1. The molecule has 1 aromatic heterocycles. The number of piperazine rings is 1. The Hall–Kier alpha value is -1.69. The summed E-state index contributed by atoms with van der Waals surface area (Å²) in [5.74, 6) is 0.134. The fourth-order valence-electron chi connectivity index (χ4n) is 4.07. The molecule has 2 heterocycles. The van der Waals surface area contributed by atoms with Gasteiger partial charge in [-0.25, -0.2) is 0 Å². The van der Waals surface area contributed by atoms with E-state index in [0.29, 0.717) is 6.04 Å². The highest BCUT2D eigenvalue weighted by Crippen LogP contribution is 2.21. The number of benzene rings is 1. The van der Waals surface area contributed by atoms with Gasteiger partial charge in [-0.3, -0.25) is 4.79 Å². The normalized spacial score (nSPS) is 22.4. The Balaban J connectivity index is 1.64. The van der Waals surface area contributed by atoms with Crippen molar-refractivity contribution in [1.82, 2.24) is 5.32 Å². The molecule has 1 amide bonds. The standard InChI is InChI=1S/C23H33N3OS/c1-18(24-22(27)23(2,3)4)21(20-11-8-16-28-20)26-14-12-25(13-15-26)17-19-9-6-5-7-10-19/h5-11,16,18,21H,12-15,17H2,1-4H3,(H,24,27)/p+2/t18-,21+/m1/s1. The minimum atomic E-state index is -0.359. The molecule has 1 aliphatic heterocycles. The van der Waals surface area contributed by atoms with Crippen LogP contribution in [-0.2, 0) is 11.3 Å². The highest BCUT2D eigenvalue weighted by atomic mass is 32.1. The van der Waals surface area contributed by atoms with E-state index in [1.54, 1.807) is 9.80 Å². The van der Waals surface area contributed by atoms with Gasteiger partial charge >= 0.3 is 0 Å². The van der Waals surface area contributed by atoms with Gasteiger partial charge in [0, 0.05) is 11.0 Å².